The summed E-state index contributed by atoms with van der Waals surface area (Å²) in [6.07, 6.45) is 14.5. The van der Waals surface area contributed by atoms with Gasteiger partial charge in [0.25, 0.3) is 5.91 Å². The molecule has 4 bridgehead atoms. The number of amides is 3. The Labute approximate surface area is 214 Å². The first-order valence-electron chi connectivity index (χ1n) is 14.0. The summed E-state index contributed by atoms with van der Waals surface area (Å²) in [4.78, 5) is 44.5. The Hall–Kier alpha value is -2.63. The molecule has 0 aromatic heterocycles. The number of hydrogen-bond acceptors (Lipinski definition) is 4. The van der Waals surface area contributed by atoms with Crippen LogP contribution in [-0.4, -0.2) is 42.3 Å². The highest BCUT2D eigenvalue weighted by Gasteiger charge is 2.57. The second kappa shape index (κ2) is 9.35. The van der Waals surface area contributed by atoms with Gasteiger partial charge in [0.05, 0.1) is 24.6 Å². The van der Waals surface area contributed by atoms with Crippen LogP contribution in [0.25, 0.3) is 0 Å². The van der Waals surface area contributed by atoms with Crippen molar-refractivity contribution >= 4 is 23.4 Å². The van der Waals surface area contributed by atoms with E-state index in [9.17, 15) is 14.4 Å². The summed E-state index contributed by atoms with van der Waals surface area (Å²) < 4.78 is 5.24. The molecule has 1 aromatic rings. The van der Waals surface area contributed by atoms with Crippen molar-refractivity contribution in [2.24, 2.45) is 23.2 Å². The first-order valence-corrected chi connectivity index (χ1v) is 14.0. The number of ether oxygens (including phenoxy) is 1. The Kier molecular flexibility index (Phi) is 6.17. The van der Waals surface area contributed by atoms with Gasteiger partial charge in [0.2, 0.25) is 11.8 Å². The van der Waals surface area contributed by atoms with E-state index in [0.717, 1.165) is 38.5 Å². The molecule has 1 heterocycles. The summed E-state index contributed by atoms with van der Waals surface area (Å²) in [5, 5.41) is 0. The van der Waals surface area contributed by atoms with E-state index in [-0.39, 0.29) is 29.6 Å². The highest BCUT2D eigenvalue weighted by atomic mass is 16.5. The first-order chi connectivity index (χ1) is 17.5. The Morgan fingerprint density at radius 3 is 2.28 bits per heavy atom. The summed E-state index contributed by atoms with van der Waals surface area (Å²) >= 11 is 0. The van der Waals surface area contributed by atoms with Gasteiger partial charge in [0.1, 0.15) is 11.8 Å². The molecule has 6 heteroatoms. The molecule has 0 spiro atoms. The van der Waals surface area contributed by atoms with Gasteiger partial charge in [-0.1, -0.05) is 11.6 Å². The van der Waals surface area contributed by atoms with Crippen molar-refractivity contribution in [3.8, 4) is 5.75 Å². The predicted molar refractivity (Wildman–Crippen MR) is 137 cm³/mol. The van der Waals surface area contributed by atoms with E-state index in [0.29, 0.717) is 35.7 Å². The van der Waals surface area contributed by atoms with Crippen molar-refractivity contribution in [1.82, 2.24) is 4.90 Å². The lowest BCUT2D eigenvalue weighted by Gasteiger charge is -2.57. The van der Waals surface area contributed by atoms with Gasteiger partial charge in [0, 0.05) is 6.54 Å². The van der Waals surface area contributed by atoms with E-state index in [1.807, 2.05) is 4.90 Å². The fourth-order valence-corrected chi connectivity index (χ4v) is 8.33. The van der Waals surface area contributed by atoms with Crippen LogP contribution in [0.3, 0.4) is 0 Å². The quantitative estimate of drug-likeness (QED) is 0.386. The molecule has 3 amide bonds. The third-order valence-electron chi connectivity index (χ3n) is 9.64. The van der Waals surface area contributed by atoms with Crippen LogP contribution in [0.4, 0.5) is 5.69 Å². The molecule has 5 aliphatic carbocycles. The molecule has 6 nitrogen and oxygen atoms in total. The smallest absolute Gasteiger partial charge is 0.257 e. The fourth-order valence-electron chi connectivity index (χ4n) is 8.33. The van der Waals surface area contributed by atoms with Crippen LogP contribution < -0.4 is 9.64 Å². The van der Waals surface area contributed by atoms with Gasteiger partial charge in [-0.3, -0.25) is 14.4 Å². The maximum atomic E-state index is 14.4. The van der Waals surface area contributed by atoms with Crippen LogP contribution in [0.1, 0.15) is 77.0 Å². The Bertz CT molecular complexity index is 1040. The van der Waals surface area contributed by atoms with Crippen LogP contribution in [-0.2, 0) is 14.4 Å². The molecular formula is C30H38N2O4. The molecule has 4 saturated carbocycles. The first kappa shape index (κ1) is 23.7. The standard InChI is InChI=1S/C30H38N2O4/c1-36-25-9-7-24(8-10-25)32-27(33)16-26(28(32)34)31(12-11-20-5-3-2-4-6-20)29(35)30-17-21-13-22(18-30)15-23(14-21)19-30/h5,7-10,21-23,26H,2-4,6,11-19H2,1H3. The van der Waals surface area contributed by atoms with Gasteiger partial charge in [-0.25, -0.2) is 4.90 Å². The van der Waals surface area contributed by atoms with Crippen LogP contribution in [0, 0.1) is 23.2 Å². The average Bonchev–Trinajstić information content (AvgIpc) is 3.17. The summed E-state index contributed by atoms with van der Waals surface area (Å²) in [6, 6.07) is 6.31. The van der Waals surface area contributed by atoms with E-state index >= 15 is 0 Å². The van der Waals surface area contributed by atoms with Crippen molar-refractivity contribution in [1.29, 1.82) is 0 Å². The highest BCUT2D eigenvalue weighted by molar-refractivity contribution is 6.23. The molecule has 0 radical (unpaired) electrons. The SMILES string of the molecule is COc1ccc(N2C(=O)CC(N(CCC3=CCCCC3)C(=O)C34CC5CC(CC(C5)C3)C4)C2=O)cc1. The van der Waals surface area contributed by atoms with Gasteiger partial charge in [0.15, 0.2) is 0 Å². The van der Waals surface area contributed by atoms with Crippen LogP contribution in [0.2, 0.25) is 0 Å². The minimum atomic E-state index is -0.704. The average molecular weight is 491 g/mol. The normalized spacial score (nSPS) is 33.1. The lowest BCUT2D eigenvalue weighted by Crippen LogP contribution is -2.57. The zero-order valence-electron chi connectivity index (χ0n) is 21.4. The molecule has 0 N–H and O–H groups in total. The van der Waals surface area contributed by atoms with Gasteiger partial charge < -0.3 is 9.64 Å². The minimum absolute atomic E-state index is 0.0714. The van der Waals surface area contributed by atoms with Crippen LogP contribution in [0.15, 0.2) is 35.9 Å². The summed E-state index contributed by atoms with van der Waals surface area (Å²) in [5.41, 5.74) is 1.62. The van der Waals surface area contributed by atoms with Gasteiger partial charge in [-0.2, -0.15) is 0 Å². The summed E-state index contributed by atoms with van der Waals surface area (Å²) in [5.74, 6) is 2.30. The number of allylic oxidation sites excluding steroid dienone is 1. The maximum absolute atomic E-state index is 14.4. The summed E-state index contributed by atoms with van der Waals surface area (Å²) in [6.45, 7) is 0.534. The van der Waals surface area contributed by atoms with Crippen molar-refractivity contribution in [3.63, 3.8) is 0 Å². The molecule has 1 aromatic carbocycles. The largest absolute Gasteiger partial charge is 0.497 e. The minimum Gasteiger partial charge on any atom is -0.497 e. The van der Waals surface area contributed by atoms with E-state index in [4.69, 9.17) is 4.74 Å². The van der Waals surface area contributed by atoms with Crippen LogP contribution in [0.5, 0.6) is 5.75 Å². The molecule has 6 aliphatic rings. The Morgan fingerprint density at radius 1 is 1.03 bits per heavy atom. The molecular weight excluding hydrogens is 452 g/mol. The molecule has 1 atom stereocenters. The third kappa shape index (κ3) is 4.16. The second-order valence-corrected chi connectivity index (χ2v) is 12.0. The molecule has 5 fully saturated rings. The molecule has 7 rings (SSSR count). The molecule has 1 saturated heterocycles. The zero-order valence-corrected chi connectivity index (χ0v) is 21.4. The van der Waals surface area contributed by atoms with Gasteiger partial charge in [-0.15, -0.1) is 0 Å². The van der Waals surface area contributed by atoms with Crippen LogP contribution >= 0.6 is 0 Å². The van der Waals surface area contributed by atoms with Gasteiger partial charge in [-0.05, 0) is 113 Å². The van der Waals surface area contributed by atoms with E-state index < -0.39 is 6.04 Å². The number of benzene rings is 1. The monoisotopic (exact) mass is 490 g/mol. The second-order valence-electron chi connectivity index (χ2n) is 12.0. The van der Waals surface area contributed by atoms with E-state index in [1.54, 1.807) is 31.4 Å². The van der Waals surface area contributed by atoms with Crippen molar-refractivity contribution < 1.29 is 19.1 Å². The Balaban J connectivity index is 1.28. The lowest BCUT2D eigenvalue weighted by atomic mass is 9.49. The predicted octanol–water partition coefficient (Wildman–Crippen LogP) is 5.26. The number of anilines is 1. The molecule has 192 valence electrons. The molecule has 36 heavy (non-hydrogen) atoms. The van der Waals surface area contributed by atoms with E-state index in [2.05, 4.69) is 6.08 Å². The number of carbonyl (C=O) groups is 3. The van der Waals surface area contributed by atoms with Gasteiger partial charge >= 0.3 is 0 Å². The zero-order chi connectivity index (χ0) is 24.9. The number of methoxy groups -OCH3 is 1. The number of carbonyl (C=O) groups excluding carboxylic acids is 3. The number of hydrogen-bond donors (Lipinski definition) is 0. The number of imide groups is 1. The topological polar surface area (TPSA) is 66.9 Å². The van der Waals surface area contributed by atoms with E-state index in [1.165, 1.54) is 42.6 Å². The lowest BCUT2D eigenvalue weighted by molar-refractivity contribution is -0.161. The number of nitrogens with zero attached hydrogens (tertiary/aromatic N) is 2. The maximum Gasteiger partial charge on any atom is 0.257 e. The number of rotatable bonds is 7. The highest BCUT2D eigenvalue weighted by Crippen LogP contribution is 2.60. The summed E-state index contributed by atoms with van der Waals surface area (Å²) in [7, 11) is 1.59. The van der Waals surface area contributed by atoms with Crippen molar-refractivity contribution in [2.75, 3.05) is 18.6 Å². The Morgan fingerprint density at radius 2 is 1.69 bits per heavy atom. The molecule has 1 unspecified atom stereocenters. The molecule has 1 aliphatic heterocycles. The van der Waals surface area contributed by atoms with Crippen molar-refractivity contribution in [3.05, 3.63) is 35.9 Å². The third-order valence-corrected chi connectivity index (χ3v) is 9.64. The fraction of sp³-hybridized carbons (Fsp3) is 0.633. The van der Waals surface area contributed by atoms with Crippen molar-refractivity contribution in [2.45, 2.75) is 83.1 Å².